The number of carbonyl (C=O) groups is 1. The molecule has 1 heterocycles. The van der Waals surface area contributed by atoms with Gasteiger partial charge in [-0.1, -0.05) is 36.8 Å². The molecule has 3 rings (SSSR count). The van der Waals surface area contributed by atoms with E-state index in [9.17, 15) is 4.79 Å². The van der Waals surface area contributed by atoms with Gasteiger partial charge in [0.05, 0.1) is 0 Å². The van der Waals surface area contributed by atoms with Gasteiger partial charge in [0.1, 0.15) is 0 Å². The van der Waals surface area contributed by atoms with Crippen LogP contribution in [-0.2, 0) is 0 Å². The van der Waals surface area contributed by atoms with Gasteiger partial charge in [0.15, 0.2) is 5.78 Å². The number of Topliss-reactive ketones (excluding diaryl/α,β-unsaturated/α-hetero) is 1. The van der Waals surface area contributed by atoms with Crippen molar-refractivity contribution in [3.05, 3.63) is 35.9 Å². The summed E-state index contributed by atoms with van der Waals surface area (Å²) < 4.78 is 0. The number of nitrogens with one attached hydrogen (secondary N) is 1. The largest absolute Gasteiger partial charge is 0.313 e. The van der Waals surface area contributed by atoms with Gasteiger partial charge < -0.3 is 5.32 Å². The maximum absolute atomic E-state index is 12.1. The molecule has 1 aromatic carbocycles. The fraction of sp³-hybridized carbons (Fsp3) is 0.533. The number of benzene rings is 1. The van der Waals surface area contributed by atoms with E-state index in [1.807, 2.05) is 30.3 Å². The minimum absolute atomic E-state index is 0.288. The Morgan fingerprint density at radius 3 is 2.88 bits per heavy atom. The minimum atomic E-state index is 0.288. The number of carbonyl (C=O) groups excluding carboxylic acids is 1. The van der Waals surface area contributed by atoms with Crippen molar-refractivity contribution in [3.8, 4) is 0 Å². The first kappa shape index (κ1) is 11.0. The maximum Gasteiger partial charge on any atom is 0.164 e. The van der Waals surface area contributed by atoms with E-state index in [1.165, 1.54) is 19.3 Å². The summed E-state index contributed by atoms with van der Waals surface area (Å²) in [5.41, 5.74) is 0.857. The molecular weight excluding hydrogens is 210 g/mol. The Morgan fingerprint density at radius 2 is 2.06 bits per heavy atom. The summed E-state index contributed by atoms with van der Waals surface area (Å²) in [6.07, 6.45) is 4.69. The molecule has 90 valence electrons. The van der Waals surface area contributed by atoms with Crippen molar-refractivity contribution in [3.63, 3.8) is 0 Å². The van der Waals surface area contributed by atoms with E-state index in [0.29, 0.717) is 12.5 Å². The highest BCUT2D eigenvalue weighted by atomic mass is 16.1. The molecule has 2 fully saturated rings. The predicted molar refractivity (Wildman–Crippen MR) is 68.0 cm³/mol. The van der Waals surface area contributed by atoms with Crippen LogP contribution in [0.2, 0.25) is 0 Å². The number of hydrogen-bond acceptors (Lipinski definition) is 2. The first-order valence-electron chi connectivity index (χ1n) is 6.66. The fourth-order valence-electron chi connectivity index (χ4n) is 3.47. The van der Waals surface area contributed by atoms with E-state index in [-0.39, 0.29) is 5.78 Å². The van der Waals surface area contributed by atoms with Crippen LogP contribution in [0.3, 0.4) is 0 Å². The van der Waals surface area contributed by atoms with Crippen LogP contribution in [-0.4, -0.2) is 18.4 Å². The van der Waals surface area contributed by atoms with Crippen molar-refractivity contribution in [2.45, 2.75) is 31.7 Å². The highest BCUT2D eigenvalue weighted by Crippen LogP contribution is 2.38. The van der Waals surface area contributed by atoms with Crippen molar-refractivity contribution in [1.29, 1.82) is 0 Å². The van der Waals surface area contributed by atoms with E-state index in [0.717, 1.165) is 23.9 Å². The second kappa shape index (κ2) is 4.61. The summed E-state index contributed by atoms with van der Waals surface area (Å²) in [7, 11) is 0. The topological polar surface area (TPSA) is 29.1 Å². The van der Waals surface area contributed by atoms with Crippen LogP contribution in [0.5, 0.6) is 0 Å². The number of fused-ring (bicyclic) bond motifs is 1. The molecule has 1 aliphatic heterocycles. The van der Waals surface area contributed by atoms with Crippen LogP contribution in [0.4, 0.5) is 0 Å². The second-order valence-corrected chi connectivity index (χ2v) is 5.36. The first-order valence-corrected chi connectivity index (χ1v) is 6.66. The van der Waals surface area contributed by atoms with E-state index in [1.54, 1.807) is 0 Å². The normalized spacial score (nSPS) is 31.4. The molecule has 1 aliphatic carbocycles. The lowest BCUT2D eigenvalue weighted by molar-refractivity contribution is 0.0963. The molecule has 2 nitrogen and oxygen atoms in total. The maximum atomic E-state index is 12.1. The van der Waals surface area contributed by atoms with E-state index >= 15 is 0 Å². The Bertz CT molecular complexity index is 401. The average Bonchev–Trinajstić information content (AvgIpc) is 2.95. The summed E-state index contributed by atoms with van der Waals surface area (Å²) >= 11 is 0. The quantitative estimate of drug-likeness (QED) is 0.807. The molecular formula is C15H19NO. The van der Waals surface area contributed by atoms with Crippen LogP contribution < -0.4 is 5.32 Å². The van der Waals surface area contributed by atoms with Crippen LogP contribution in [0, 0.1) is 11.8 Å². The molecule has 17 heavy (non-hydrogen) atoms. The summed E-state index contributed by atoms with van der Waals surface area (Å²) in [6, 6.07) is 10.1. The number of hydrogen-bond donors (Lipinski definition) is 1. The summed E-state index contributed by atoms with van der Waals surface area (Å²) in [6.45, 7) is 1.12. The fourth-order valence-corrected chi connectivity index (χ4v) is 3.47. The lowest BCUT2D eigenvalue weighted by Crippen LogP contribution is -2.29. The van der Waals surface area contributed by atoms with Crippen LogP contribution >= 0.6 is 0 Å². The zero-order valence-electron chi connectivity index (χ0n) is 10.1. The van der Waals surface area contributed by atoms with E-state index < -0.39 is 0 Å². The zero-order valence-corrected chi connectivity index (χ0v) is 10.1. The van der Waals surface area contributed by atoms with Crippen molar-refractivity contribution >= 4 is 5.78 Å². The summed E-state index contributed by atoms with van der Waals surface area (Å²) in [4.78, 5) is 12.1. The van der Waals surface area contributed by atoms with Crippen molar-refractivity contribution in [1.82, 2.24) is 5.32 Å². The summed E-state index contributed by atoms with van der Waals surface area (Å²) in [5, 5.41) is 3.54. The Kier molecular flexibility index (Phi) is 2.98. The van der Waals surface area contributed by atoms with Gasteiger partial charge in [0.25, 0.3) is 0 Å². The molecule has 0 amide bonds. The lowest BCUT2D eigenvalue weighted by atomic mass is 9.90. The smallest absolute Gasteiger partial charge is 0.164 e. The van der Waals surface area contributed by atoms with Crippen molar-refractivity contribution in [2.24, 2.45) is 11.8 Å². The Labute approximate surface area is 102 Å². The molecule has 1 saturated carbocycles. The van der Waals surface area contributed by atoms with Gasteiger partial charge in [-0.25, -0.2) is 0 Å². The summed E-state index contributed by atoms with van der Waals surface area (Å²) in [5.74, 6) is 1.88. The SMILES string of the molecule is O=C(C[C@@H]1NC[C@@H]2CCC[C@@H]21)c1ccccc1. The highest BCUT2D eigenvalue weighted by molar-refractivity contribution is 5.96. The minimum Gasteiger partial charge on any atom is -0.313 e. The molecule has 0 spiro atoms. The molecule has 0 aromatic heterocycles. The van der Waals surface area contributed by atoms with Crippen molar-refractivity contribution in [2.75, 3.05) is 6.54 Å². The van der Waals surface area contributed by atoms with Crippen molar-refractivity contribution < 1.29 is 4.79 Å². The molecule has 1 saturated heterocycles. The second-order valence-electron chi connectivity index (χ2n) is 5.36. The third-order valence-corrected chi connectivity index (χ3v) is 4.38. The third kappa shape index (κ3) is 2.14. The zero-order chi connectivity index (χ0) is 11.7. The Morgan fingerprint density at radius 1 is 1.24 bits per heavy atom. The van der Waals surface area contributed by atoms with E-state index in [2.05, 4.69) is 5.32 Å². The Balaban J connectivity index is 1.66. The first-order chi connectivity index (χ1) is 8.34. The number of ketones is 1. The number of rotatable bonds is 3. The monoisotopic (exact) mass is 229 g/mol. The van der Waals surface area contributed by atoms with Gasteiger partial charge in [0.2, 0.25) is 0 Å². The highest BCUT2D eigenvalue weighted by Gasteiger charge is 2.39. The van der Waals surface area contributed by atoms with Gasteiger partial charge in [-0.05, 0) is 31.2 Å². The van der Waals surface area contributed by atoms with Crippen LogP contribution in [0.25, 0.3) is 0 Å². The van der Waals surface area contributed by atoms with Crippen LogP contribution in [0.1, 0.15) is 36.0 Å². The molecule has 3 atom stereocenters. The van der Waals surface area contributed by atoms with Gasteiger partial charge >= 0.3 is 0 Å². The average molecular weight is 229 g/mol. The third-order valence-electron chi connectivity index (χ3n) is 4.38. The molecule has 0 bridgehead atoms. The van der Waals surface area contributed by atoms with E-state index in [4.69, 9.17) is 0 Å². The lowest BCUT2D eigenvalue weighted by Gasteiger charge is -2.17. The molecule has 1 N–H and O–H groups in total. The van der Waals surface area contributed by atoms with Gasteiger partial charge in [0, 0.05) is 18.0 Å². The molecule has 2 heteroatoms. The van der Waals surface area contributed by atoms with Gasteiger partial charge in [-0.15, -0.1) is 0 Å². The molecule has 2 aliphatic rings. The molecule has 1 aromatic rings. The molecule has 0 radical (unpaired) electrons. The van der Waals surface area contributed by atoms with Gasteiger partial charge in [-0.2, -0.15) is 0 Å². The Hall–Kier alpha value is -1.15. The molecule has 0 unspecified atom stereocenters. The van der Waals surface area contributed by atoms with Crippen LogP contribution in [0.15, 0.2) is 30.3 Å². The predicted octanol–water partition coefficient (Wildman–Crippen LogP) is 2.65. The van der Waals surface area contributed by atoms with Gasteiger partial charge in [-0.3, -0.25) is 4.79 Å². The standard InChI is InChI=1S/C15H19NO/c17-15(11-5-2-1-3-6-11)9-14-13-8-4-7-12(13)10-16-14/h1-3,5-6,12-14,16H,4,7-10H2/t12-,13-,14-/m0/s1.